The number of nitrogens with one attached hydrogen (secondary N) is 1. The molecule has 0 saturated heterocycles. The van der Waals surface area contributed by atoms with Crippen molar-refractivity contribution in [3.63, 3.8) is 0 Å². The zero-order valence-electron chi connectivity index (χ0n) is 14.6. The third-order valence-electron chi connectivity index (χ3n) is 3.92. The monoisotopic (exact) mass is 409 g/mol. The SMILES string of the molecule is CC(OC(=O)C1Oc2ccccc2OC1C)C(=O)Nc1cc(Cl)ccc1Cl. The molecule has 3 unspecified atom stereocenters. The maximum Gasteiger partial charge on any atom is 0.352 e. The Balaban J connectivity index is 1.63. The van der Waals surface area contributed by atoms with Gasteiger partial charge in [0, 0.05) is 5.02 Å². The molecule has 142 valence electrons. The average Bonchev–Trinajstić information content (AvgIpc) is 2.63. The van der Waals surface area contributed by atoms with E-state index < -0.39 is 30.2 Å². The standard InChI is InChI=1S/C19H17Cl2NO5/c1-10-17(27-16-6-4-3-5-15(16)25-10)19(24)26-11(2)18(23)22-14-9-12(20)7-8-13(14)21/h3-11,17H,1-2H3,(H,22,23). The van der Waals surface area contributed by atoms with E-state index in [1.54, 1.807) is 43.3 Å². The second-order valence-electron chi connectivity index (χ2n) is 6.00. The van der Waals surface area contributed by atoms with Gasteiger partial charge in [0.2, 0.25) is 6.10 Å². The molecule has 3 atom stereocenters. The van der Waals surface area contributed by atoms with Crippen LogP contribution in [0.15, 0.2) is 42.5 Å². The van der Waals surface area contributed by atoms with Gasteiger partial charge in [-0.2, -0.15) is 0 Å². The molecule has 2 aromatic rings. The maximum absolute atomic E-state index is 12.5. The van der Waals surface area contributed by atoms with Crippen LogP contribution in [0.2, 0.25) is 10.0 Å². The number of anilines is 1. The van der Waals surface area contributed by atoms with Crippen molar-refractivity contribution in [1.29, 1.82) is 0 Å². The first-order chi connectivity index (χ1) is 12.8. The van der Waals surface area contributed by atoms with Crippen LogP contribution in [0.25, 0.3) is 0 Å². The van der Waals surface area contributed by atoms with Gasteiger partial charge < -0.3 is 19.5 Å². The Labute approximate surface area is 166 Å². The number of halogens is 2. The van der Waals surface area contributed by atoms with Gasteiger partial charge in [-0.15, -0.1) is 0 Å². The van der Waals surface area contributed by atoms with Crippen molar-refractivity contribution >= 4 is 40.8 Å². The summed E-state index contributed by atoms with van der Waals surface area (Å²) < 4.78 is 16.6. The number of hydrogen-bond acceptors (Lipinski definition) is 5. The Hall–Kier alpha value is -2.44. The number of carbonyl (C=O) groups excluding carboxylic acids is 2. The normalized spacial score (nSPS) is 19.1. The zero-order valence-corrected chi connectivity index (χ0v) is 16.1. The van der Waals surface area contributed by atoms with Gasteiger partial charge in [-0.05, 0) is 44.2 Å². The van der Waals surface area contributed by atoms with Gasteiger partial charge in [-0.1, -0.05) is 35.3 Å². The summed E-state index contributed by atoms with van der Waals surface area (Å²) in [7, 11) is 0. The van der Waals surface area contributed by atoms with Gasteiger partial charge in [0.05, 0.1) is 10.7 Å². The molecule has 6 nitrogen and oxygen atoms in total. The maximum atomic E-state index is 12.5. The second-order valence-corrected chi connectivity index (χ2v) is 6.84. The van der Waals surface area contributed by atoms with E-state index in [4.69, 9.17) is 37.4 Å². The molecule has 27 heavy (non-hydrogen) atoms. The molecule has 0 aliphatic carbocycles. The van der Waals surface area contributed by atoms with Crippen molar-refractivity contribution in [2.75, 3.05) is 5.32 Å². The van der Waals surface area contributed by atoms with E-state index >= 15 is 0 Å². The molecule has 2 aromatic carbocycles. The Morgan fingerprint density at radius 1 is 1.11 bits per heavy atom. The van der Waals surface area contributed by atoms with E-state index in [2.05, 4.69) is 5.32 Å². The van der Waals surface area contributed by atoms with Crippen molar-refractivity contribution in [2.45, 2.75) is 32.2 Å². The summed E-state index contributed by atoms with van der Waals surface area (Å²) in [5, 5.41) is 3.32. The van der Waals surface area contributed by atoms with E-state index in [0.717, 1.165) is 0 Å². The molecule has 0 fully saturated rings. The number of amides is 1. The highest BCUT2D eigenvalue weighted by Gasteiger charge is 2.36. The van der Waals surface area contributed by atoms with E-state index in [0.29, 0.717) is 27.2 Å². The summed E-state index contributed by atoms with van der Waals surface area (Å²) in [4.78, 5) is 24.8. The molecule has 1 aliphatic heterocycles. The number of carbonyl (C=O) groups is 2. The molecule has 3 rings (SSSR count). The lowest BCUT2D eigenvalue weighted by Gasteiger charge is -2.31. The quantitative estimate of drug-likeness (QED) is 0.769. The molecular formula is C19H17Cl2NO5. The Bertz CT molecular complexity index is 873. The number of esters is 1. The summed E-state index contributed by atoms with van der Waals surface area (Å²) in [5.74, 6) is -0.245. The van der Waals surface area contributed by atoms with E-state index in [-0.39, 0.29) is 0 Å². The Morgan fingerprint density at radius 3 is 2.48 bits per heavy atom. The van der Waals surface area contributed by atoms with Gasteiger partial charge in [0.15, 0.2) is 17.6 Å². The zero-order chi connectivity index (χ0) is 19.6. The minimum atomic E-state index is -1.07. The van der Waals surface area contributed by atoms with Crippen LogP contribution < -0.4 is 14.8 Å². The van der Waals surface area contributed by atoms with Crippen LogP contribution in [-0.2, 0) is 14.3 Å². The fourth-order valence-electron chi connectivity index (χ4n) is 2.50. The van der Waals surface area contributed by atoms with Crippen molar-refractivity contribution in [3.8, 4) is 11.5 Å². The Kier molecular flexibility index (Phi) is 5.77. The van der Waals surface area contributed by atoms with Gasteiger partial charge in [-0.3, -0.25) is 4.79 Å². The topological polar surface area (TPSA) is 73.9 Å². The predicted octanol–water partition coefficient (Wildman–Crippen LogP) is 4.09. The largest absolute Gasteiger partial charge is 0.482 e. The fraction of sp³-hybridized carbons (Fsp3) is 0.263. The minimum absolute atomic E-state index is 0.320. The molecular weight excluding hydrogens is 393 g/mol. The molecule has 0 bridgehead atoms. The van der Waals surface area contributed by atoms with E-state index in [9.17, 15) is 9.59 Å². The van der Waals surface area contributed by atoms with Gasteiger partial charge in [0.1, 0.15) is 6.10 Å². The lowest BCUT2D eigenvalue weighted by atomic mass is 10.2. The van der Waals surface area contributed by atoms with E-state index in [1.807, 2.05) is 0 Å². The number of fused-ring (bicyclic) bond motifs is 1. The minimum Gasteiger partial charge on any atom is -0.482 e. The number of rotatable bonds is 4. The van der Waals surface area contributed by atoms with Gasteiger partial charge in [0.25, 0.3) is 5.91 Å². The summed E-state index contributed by atoms with van der Waals surface area (Å²) in [5.41, 5.74) is 0.330. The smallest absolute Gasteiger partial charge is 0.352 e. The van der Waals surface area contributed by atoms with Crippen molar-refractivity contribution in [3.05, 3.63) is 52.5 Å². The number of para-hydroxylation sites is 2. The molecule has 0 spiro atoms. The van der Waals surface area contributed by atoms with Crippen molar-refractivity contribution in [2.24, 2.45) is 0 Å². The van der Waals surface area contributed by atoms with E-state index in [1.165, 1.54) is 13.0 Å². The second kappa shape index (κ2) is 8.06. The summed E-state index contributed by atoms with van der Waals surface area (Å²) in [6.07, 6.45) is -2.62. The molecule has 0 aromatic heterocycles. The van der Waals surface area contributed by atoms with Crippen LogP contribution in [0.5, 0.6) is 11.5 Å². The van der Waals surface area contributed by atoms with Crippen LogP contribution in [0.4, 0.5) is 5.69 Å². The molecule has 0 radical (unpaired) electrons. The van der Waals surface area contributed by atoms with Gasteiger partial charge in [-0.25, -0.2) is 4.79 Å². The Morgan fingerprint density at radius 2 is 1.78 bits per heavy atom. The van der Waals surface area contributed by atoms with Crippen molar-refractivity contribution in [1.82, 2.24) is 0 Å². The highest BCUT2D eigenvalue weighted by atomic mass is 35.5. The lowest BCUT2D eigenvalue weighted by molar-refractivity contribution is -0.165. The average molecular weight is 410 g/mol. The third kappa shape index (κ3) is 4.46. The summed E-state index contributed by atoms with van der Waals surface area (Å²) in [6.45, 7) is 3.15. The van der Waals surface area contributed by atoms with Crippen LogP contribution in [0.3, 0.4) is 0 Å². The first-order valence-electron chi connectivity index (χ1n) is 8.24. The molecule has 1 amide bonds. The summed E-state index contributed by atoms with van der Waals surface area (Å²) >= 11 is 11.9. The van der Waals surface area contributed by atoms with Crippen LogP contribution in [-0.4, -0.2) is 30.2 Å². The highest BCUT2D eigenvalue weighted by Crippen LogP contribution is 2.34. The third-order valence-corrected chi connectivity index (χ3v) is 4.49. The highest BCUT2D eigenvalue weighted by molar-refractivity contribution is 6.35. The van der Waals surface area contributed by atoms with Crippen LogP contribution in [0, 0.1) is 0 Å². The lowest BCUT2D eigenvalue weighted by Crippen LogP contribution is -2.46. The molecule has 1 heterocycles. The summed E-state index contributed by atoms with van der Waals surface area (Å²) in [6, 6.07) is 11.7. The predicted molar refractivity (Wildman–Crippen MR) is 102 cm³/mol. The van der Waals surface area contributed by atoms with Gasteiger partial charge >= 0.3 is 5.97 Å². The number of benzene rings is 2. The molecule has 0 saturated carbocycles. The first kappa shape index (κ1) is 19.3. The number of ether oxygens (including phenoxy) is 3. The molecule has 1 aliphatic rings. The molecule has 1 N–H and O–H groups in total. The fourth-order valence-corrected chi connectivity index (χ4v) is 2.84. The first-order valence-corrected chi connectivity index (χ1v) is 8.99. The van der Waals surface area contributed by atoms with Crippen molar-refractivity contribution < 1.29 is 23.8 Å². The number of hydrogen-bond donors (Lipinski definition) is 1. The van der Waals surface area contributed by atoms with Crippen LogP contribution >= 0.6 is 23.2 Å². The molecule has 8 heteroatoms. The van der Waals surface area contributed by atoms with Crippen LogP contribution in [0.1, 0.15) is 13.8 Å².